The fourth-order valence-corrected chi connectivity index (χ4v) is 4.86. The number of aliphatic hydroxyl groups excluding tert-OH is 1. The van der Waals surface area contributed by atoms with Crippen LogP contribution in [0.15, 0.2) is 77.8 Å². The number of anilines is 1. The average Bonchev–Trinajstić information content (AvgIpc) is 3.39. The van der Waals surface area contributed by atoms with E-state index < -0.39 is 18.5 Å². The zero-order chi connectivity index (χ0) is 32.5. The standard InChI is InChI=1S/C31H33N5O4.C2H4O3.H2O/c1-34-15-17-36(18-16-34)20-27(37)35(2)24-12-10-23(11-13-24)32-29(21-7-5-4-6-8-21)28-25-14-9-22(31(39)40-3)19-26(25)33-30(28)38;3-1-2(4)5;/h4-14,19,33,38H,15-18,20H2,1-3H3;3H,1H2,(H,4,5);1H2. The number of piperazine rings is 1. The second-order valence-corrected chi connectivity index (χ2v) is 10.5. The van der Waals surface area contributed by atoms with E-state index >= 15 is 0 Å². The van der Waals surface area contributed by atoms with Crippen molar-refractivity contribution < 1.29 is 39.9 Å². The summed E-state index contributed by atoms with van der Waals surface area (Å²) in [6, 6.07) is 22.2. The lowest BCUT2D eigenvalue weighted by Crippen LogP contribution is -2.48. The van der Waals surface area contributed by atoms with E-state index in [4.69, 9.17) is 24.7 Å². The molecular formula is C33H39N5O8. The predicted molar refractivity (Wildman–Crippen MR) is 175 cm³/mol. The molecule has 0 spiro atoms. The molecule has 1 saturated heterocycles. The molecule has 0 saturated carbocycles. The first-order valence-electron chi connectivity index (χ1n) is 14.3. The highest BCUT2D eigenvalue weighted by Gasteiger charge is 2.21. The number of hydrogen-bond donors (Lipinski definition) is 4. The van der Waals surface area contributed by atoms with Gasteiger partial charge in [0.25, 0.3) is 0 Å². The Morgan fingerprint density at radius 3 is 2.17 bits per heavy atom. The Morgan fingerprint density at radius 2 is 1.59 bits per heavy atom. The van der Waals surface area contributed by atoms with E-state index in [-0.39, 0.29) is 17.3 Å². The van der Waals surface area contributed by atoms with Gasteiger partial charge in [-0.05, 0) is 43.4 Å². The van der Waals surface area contributed by atoms with E-state index in [0.29, 0.717) is 34.6 Å². The van der Waals surface area contributed by atoms with Crippen molar-refractivity contribution in [2.75, 3.05) is 65.4 Å². The number of aliphatic imine (C=N–C) groups is 1. The molecule has 0 bridgehead atoms. The number of amides is 1. The number of benzene rings is 3. The number of aliphatic carboxylic acids is 1. The zero-order valence-electron chi connectivity index (χ0n) is 25.9. The highest BCUT2D eigenvalue weighted by atomic mass is 16.5. The van der Waals surface area contributed by atoms with Crippen LogP contribution in [0.4, 0.5) is 11.4 Å². The first-order valence-corrected chi connectivity index (χ1v) is 14.3. The number of likely N-dealkylation sites (N-methyl/N-ethyl adjacent to an activating group) is 2. The molecule has 0 aliphatic carbocycles. The number of carbonyl (C=O) groups is 3. The van der Waals surface area contributed by atoms with Crippen molar-refractivity contribution in [2.45, 2.75) is 0 Å². The van der Waals surface area contributed by atoms with Crippen molar-refractivity contribution in [1.82, 2.24) is 14.8 Å². The number of hydrogen-bond acceptors (Lipinski definition) is 9. The Balaban J connectivity index is 0.000000892. The minimum Gasteiger partial charge on any atom is -0.494 e. The Morgan fingerprint density at radius 1 is 0.957 bits per heavy atom. The average molecular weight is 634 g/mol. The smallest absolute Gasteiger partial charge is 0.337 e. The van der Waals surface area contributed by atoms with Crippen LogP contribution in [0.2, 0.25) is 0 Å². The largest absolute Gasteiger partial charge is 0.494 e. The molecule has 13 nitrogen and oxygen atoms in total. The molecule has 1 aliphatic heterocycles. The number of rotatable bonds is 8. The minimum absolute atomic E-state index is 0. The van der Waals surface area contributed by atoms with Gasteiger partial charge < -0.3 is 40.3 Å². The summed E-state index contributed by atoms with van der Waals surface area (Å²) in [6.07, 6.45) is 0. The van der Waals surface area contributed by atoms with Crippen LogP contribution in [-0.2, 0) is 14.3 Å². The highest BCUT2D eigenvalue weighted by Crippen LogP contribution is 2.32. The van der Waals surface area contributed by atoms with E-state index in [2.05, 4.69) is 21.8 Å². The van der Waals surface area contributed by atoms with E-state index in [1.807, 2.05) is 54.6 Å². The van der Waals surface area contributed by atoms with E-state index in [1.165, 1.54) is 7.11 Å². The number of carboxylic acids is 1. The minimum atomic E-state index is -1.19. The number of aromatic hydroxyl groups is 1. The molecule has 1 fully saturated rings. The van der Waals surface area contributed by atoms with Gasteiger partial charge in [0.05, 0.1) is 36.2 Å². The van der Waals surface area contributed by atoms with Gasteiger partial charge in [-0.2, -0.15) is 0 Å². The molecule has 13 heteroatoms. The quantitative estimate of drug-likeness (QED) is 0.167. The fourth-order valence-electron chi connectivity index (χ4n) is 4.86. The molecule has 0 atom stereocenters. The molecule has 4 aromatic rings. The number of nitrogens with zero attached hydrogens (tertiary/aromatic N) is 4. The lowest BCUT2D eigenvalue weighted by Gasteiger charge is -2.32. The summed E-state index contributed by atoms with van der Waals surface area (Å²) >= 11 is 0. The number of carbonyl (C=O) groups excluding carboxylic acids is 2. The van der Waals surface area contributed by atoms with Gasteiger partial charge in [-0.25, -0.2) is 14.6 Å². The number of nitrogens with one attached hydrogen (secondary N) is 1. The van der Waals surface area contributed by atoms with Crippen molar-refractivity contribution in [1.29, 1.82) is 0 Å². The maximum atomic E-state index is 12.9. The molecule has 6 N–H and O–H groups in total. The normalized spacial score (nSPS) is 13.7. The van der Waals surface area contributed by atoms with Crippen molar-refractivity contribution in [2.24, 2.45) is 4.99 Å². The maximum Gasteiger partial charge on any atom is 0.337 e. The van der Waals surface area contributed by atoms with Crippen LogP contribution in [-0.4, -0.2) is 120 Å². The number of methoxy groups -OCH3 is 1. The number of H-pyrrole nitrogens is 1. The summed E-state index contributed by atoms with van der Waals surface area (Å²) in [7, 11) is 5.22. The molecule has 3 aromatic carbocycles. The SMILES string of the molecule is COC(=O)c1ccc2c(C(=Nc3ccc(N(C)C(=O)CN4CCN(C)CC4)cc3)c3ccccc3)c(O)[nH]c2c1.O.O=C(O)CO. The second-order valence-electron chi connectivity index (χ2n) is 10.5. The third-order valence-electron chi connectivity index (χ3n) is 7.43. The molecule has 0 radical (unpaired) electrons. The fraction of sp³-hybridized carbons (Fsp3) is 0.273. The second kappa shape index (κ2) is 16.3. The highest BCUT2D eigenvalue weighted by molar-refractivity contribution is 6.22. The van der Waals surface area contributed by atoms with E-state index in [1.54, 1.807) is 30.1 Å². The predicted octanol–water partition coefficient (Wildman–Crippen LogP) is 2.28. The number of aromatic nitrogens is 1. The van der Waals surface area contributed by atoms with Crippen LogP contribution in [0.1, 0.15) is 21.5 Å². The van der Waals surface area contributed by atoms with Gasteiger partial charge in [0, 0.05) is 55.4 Å². The topological polar surface area (TPSA) is 190 Å². The Hall–Kier alpha value is -5.08. The first-order chi connectivity index (χ1) is 21.6. The lowest BCUT2D eigenvalue weighted by atomic mass is 10.00. The van der Waals surface area contributed by atoms with Crippen molar-refractivity contribution in [3.8, 4) is 5.88 Å². The lowest BCUT2D eigenvalue weighted by molar-refractivity contribution is -0.140. The summed E-state index contributed by atoms with van der Waals surface area (Å²) in [5, 5.41) is 26.7. The molecule has 244 valence electrons. The molecule has 1 amide bonds. The molecule has 2 heterocycles. The first kappa shape index (κ1) is 35.4. The van der Waals surface area contributed by atoms with Crippen LogP contribution in [0.5, 0.6) is 5.88 Å². The number of esters is 1. The molecule has 5 rings (SSSR count). The van der Waals surface area contributed by atoms with Gasteiger partial charge in [-0.1, -0.05) is 36.4 Å². The number of aliphatic hydroxyl groups is 1. The number of fused-ring (bicyclic) bond motifs is 1. The van der Waals surface area contributed by atoms with Crippen LogP contribution in [0.25, 0.3) is 10.9 Å². The van der Waals surface area contributed by atoms with Gasteiger partial charge in [-0.15, -0.1) is 0 Å². The van der Waals surface area contributed by atoms with Gasteiger partial charge in [0.15, 0.2) is 5.88 Å². The van der Waals surface area contributed by atoms with Crippen molar-refractivity contribution in [3.05, 3.63) is 89.5 Å². The number of carboxylic acid groups (broad SMARTS) is 1. The van der Waals surface area contributed by atoms with Gasteiger partial charge in [0.2, 0.25) is 5.91 Å². The maximum absolute atomic E-state index is 12.9. The van der Waals surface area contributed by atoms with E-state index in [9.17, 15) is 14.7 Å². The Labute approximate surface area is 266 Å². The number of ether oxygens (including phenoxy) is 1. The van der Waals surface area contributed by atoms with E-state index in [0.717, 1.165) is 42.8 Å². The van der Waals surface area contributed by atoms with Crippen molar-refractivity contribution in [3.63, 3.8) is 0 Å². The summed E-state index contributed by atoms with van der Waals surface area (Å²) in [6.45, 7) is 3.31. The number of aromatic amines is 1. The zero-order valence-corrected chi connectivity index (χ0v) is 25.9. The third kappa shape index (κ3) is 8.76. The Kier molecular flexibility index (Phi) is 12.5. The Bertz CT molecular complexity index is 1660. The molecular weight excluding hydrogens is 594 g/mol. The van der Waals surface area contributed by atoms with Crippen LogP contribution >= 0.6 is 0 Å². The summed E-state index contributed by atoms with van der Waals surface area (Å²) in [4.78, 5) is 48.1. The van der Waals surface area contributed by atoms with Crippen LogP contribution < -0.4 is 4.90 Å². The monoisotopic (exact) mass is 633 g/mol. The molecule has 1 aromatic heterocycles. The van der Waals surface area contributed by atoms with Gasteiger partial charge in [0.1, 0.15) is 6.61 Å². The third-order valence-corrected chi connectivity index (χ3v) is 7.43. The molecule has 1 aliphatic rings. The van der Waals surface area contributed by atoms with Gasteiger partial charge >= 0.3 is 11.9 Å². The summed E-state index contributed by atoms with van der Waals surface area (Å²) < 4.78 is 4.83. The molecule has 46 heavy (non-hydrogen) atoms. The summed E-state index contributed by atoms with van der Waals surface area (Å²) in [5.74, 6) is -1.65. The van der Waals surface area contributed by atoms with Crippen molar-refractivity contribution >= 4 is 45.8 Å². The van der Waals surface area contributed by atoms with Crippen LogP contribution in [0, 0.1) is 0 Å². The summed E-state index contributed by atoms with van der Waals surface area (Å²) in [5.41, 5.74) is 4.34. The molecule has 0 unspecified atom stereocenters. The van der Waals surface area contributed by atoms with Crippen LogP contribution in [0.3, 0.4) is 0 Å². The van der Waals surface area contributed by atoms with Gasteiger partial charge in [-0.3, -0.25) is 9.69 Å².